The van der Waals surface area contributed by atoms with Crippen LogP contribution in [0.25, 0.3) is 0 Å². The van der Waals surface area contributed by atoms with Crippen molar-refractivity contribution in [3.8, 4) is 0 Å². The summed E-state index contributed by atoms with van der Waals surface area (Å²) in [7, 11) is -3.02. The molecule has 5 heteroatoms. The molecule has 0 aromatic heterocycles. The predicted octanol–water partition coefficient (Wildman–Crippen LogP) is 1.19. The van der Waals surface area contributed by atoms with E-state index in [2.05, 4.69) is 5.32 Å². The van der Waals surface area contributed by atoms with Crippen molar-refractivity contribution in [1.29, 1.82) is 0 Å². The fraction of sp³-hybridized carbons (Fsp3) is 1.00. The van der Waals surface area contributed by atoms with Crippen LogP contribution in [0.1, 0.15) is 39.0 Å². The van der Waals surface area contributed by atoms with Gasteiger partial charge in [0.2, 0.25) is 10.0 Å². The molecular weight excluding hydrogens is 236 g/mol. The highest BCUT2D eigenvalue weighted by atomic mass is 32.2. The topological polar surface area (TPSA) is 49.4 Å². The Hall–Kier alpha value is -0.130. The lowest BCUT2D eigenvalue weighted by molar-refractivity contribution is 0.303. The van der Waals surface area contributed by atoms with E-state index < -0.39 is 10.0 Å². The molecule has 1 atom stereocenters. The van der Waals surface area contributed by atoms with Crippen molar-refractivity contribution < 1.29 is 8.42 Å². The second kappa shape index (κ2) is 5.67. The number of rotatable bonds is 3. The third-order valence-corrected chi connectivity index (χ3v) is 5.91. The van der Waals surface area contributed by atoms with E-state index in [1.54, 1.807) is 4.31 Å². The second-order valence-corrected chi connectivity index (χ2v) is 7.51. The summed E-state index contributed by atoms with van der Waals surface area (Å²) in [6, 6.07) is 0.282. The molecule has 0 aromatic carbocycles. The first-order valence-corrected chi connectivity index (χ1v) is 8.40. The molecule has 0 unspecified atom stereocenters. The molecule has 2 rings (SSSR count). The van der Waals surface area contributed by atoms with Crippen molar-refractivity contribution in [2.75, 3.05) is 25.4 Å². The average molecular weight is 260 g/mol. The lowest BCUT2D eigenvalue weighted by Gasteiger charge is -2.32. The van der Waals surface area contributed by atoms with Crippen molar-refractivity contribution in [1.82, 2.24) is 9.62 Å². The van der Waals surface area contributed by atoms with Gasteiger partial charge in [-0.05, 0) is 25.7 Å². The molecule has 0 spiro atoms. The Kier molecular flexibility index (Phi) is 4.44. The van der Waals surface area contributed by atoms with Crippen molar-refractivity contribution >= 4 is 10.0 Å². The van der Waals surface area contributed by atoms with Crippen molar-refractivity contribution in [3.05, 3.63) is 0 Å². The highest BCUT2D eigenvalue weighted by Gasteiger charge is 2.29. The molecule has 1 N–H and O–H groups in total. The van der Waals surface area contributed by atoms with E-state index in [1.807, 2.05) is 6.92 Å². The largest absolute Gasteiger partial charge is 0.312 e. The average Bonchev–Trinajstić information content (AvgIpc) is 2.30. The van der Waals surface area contributed by atoms with E-state index in [1.165, 1.54) is 19.3 Å². The van der Waals surface area contributed by atoms with Crippen molar-refractivity contribution in [2.24, 2.45) is 5.92 Å². The minimum atomic E-state index is -3.02. The first-order chi connectivity index (χ1) is 8.08. The number of nitrogens with zero attached hydrogens (tertiary/aromatic N) is 1. The van der Waals surface area contributed by atoms with Gasteiger partial charge in [-0.1, -0.05) is 19.3 Å². The minimum Gasteiger partial charge on any atom is -0.312 e. The Morgan fingerprint density at radius 3 is 2.59 bits per heavy atom. The summed E-state index contributed by atoms with van der Waals surface area (Å²) in [6.45, 7) is 4.10. The van der Waals surface area contributed by atoms with Gasteiger partial charge in [0.1, 0.15) is 0 Å². The van der Waals surface area contributed by atoms with Gasteiger partial charge < -0.3 is 5.32 Å². The molecule has 0 bridgehead atoms. The Labute approximate surface area is 105 Å². The second-order valence-electron chi connectivity index (χ2n) is 5.50. The molecule has 4 nitrogen and oxygen atoms in total. The van der Waals surface area contributed by atoms with E-state index in [9.17, 15) is 8.42 Å². The number of hydrogen-bond donors (Lipinski definition) is 1. The quantitative estimate of drug-likeness (QED) is 0.829. The first kappa shape index (κ1) is 13.3. The number of piperazine rings is 1. The molecule has 1 aliphatic carbocycles. The van der Waals surface area contributed by atoms with E-state index in [4.69, 9.17) is 0 Å². The van der Waals surface area contributed by atoms with Gasteiger partial charge in [-0.25, -0.2) is 8.42 Å². The summed E-state index contributed by atoms with van der Waals surface area (Å²) in [6.07, 6.45) is 5.89. The molecule has 0 radical (unpaired) electrons. The molecular formula is C12H24N2O2S. The molecule has 0 aromatic rings. The van der Waals surface area contributed by atoms with Crippen LogP contribution in [0.4, 0.5) is 0 Å². The van der Waals surface area contributed by atoms with Gasteiger partial charge in [-0.3, -0.25) is 0 Å². The summed E-state index contributed by atoms with van der Waals surface area (Å²) in [5, 5.41) is 3.28. The molecule has 0 amide bonds. The Balaban J connectivity index is 1.92. The Morgan fingerprint density at radius 2 is 1.94 bits per heavy atom. The molecule has 100 valence electrons. The maximum absolute atomic E-state index is 12.3. The van der Waals surface area contributed by atoms with Crippen LogP contribution in [-0.2, 0) is 10.0 Å². The molecule has 1 aliphatic heterocycles. The zero-order chi connectivity index (χ0) is 12.3. The molecule has 2 aliphatic rings. The highest BCUT2D eigenvalue weighted by molar-refractivity contribution is 7.89. The van der Waals surface area contributed by atoms with E-state index >= 15 is 0 Å². The van der Waals surface area contributed by atoms with Gasteiger partial charge in [0, 0.05) is 25.7 Å². The molecule has 1 saturated carbocycles. The number of hydrogen-bond acceptors (Lipinski definition) is 3. The fourth-order valence-electron chi connectivity index (χ4n) is 2.91. The fourth-order valence-corrected chi connectivity index (χ4v) is 4.87. The smallest absolute Gasteiger partial charge is 0.214 e. The van der Waals surface area contributed by atoms with E-state index in [0.717, 1.165) is 19.4 Å². The van der Waals surface area contributed by atoms with Crippen LogP contribution in [0.2, 0.25) is 0 Å². The summed E-state index contributed by atoms with van der Waals surface area (Å²) in [5.41, 5.74) is 0. The Bertz CT molecular complexity index is 336. The summed E-state index contributed by atoms with van der Waals surface area (Å²) < 4.78 is 26.3. The molecule has 17 heavy (non-hydrogen) atoms. The molecule has 1 heterocycles. The van der Waals surface area contributed by atoms with Crippen LogP contribution in [-0.4, -0.2) is 44.2 Å². The zero-order valence-electron chi connectivity index (χ0n) is 10.7. The van der Waals surface area contributed by atoms with Crippen LogP contribution in [0.15, 0.2) is 0 Å². The first-order valence-electron chi connectivity index (χ1n) is 6.79. The summed E-state index contributed by atoms with van der Waals surface area (Å²) in [5.74, 6) is 0.777. The summed E-state index contributed by atoms with van der Waals surface area (Å²) in [4.78, 5) is 0. The van der Waals surface area contributed by atoms with Crippen molar-refractivity contribution in [2.45, 2.75) is 45.1 Å². The normalized spacial score (nSPS) is 29.4. The SMILES string of the molecule is C[C@@H]1CN(S(=O)(=O)CC2CCCCC2)CCN1. The number of sulfonamides is 1. The van der Waals surface area contributed by atoms with Gasteiger partial charge >= 0.3 is 0 Å². The van der Waals surface area contributed by atoms with Crippen LogP contribution < -0.4 is 5.32 Å². The third kappa shape index (κ3) is 3.66. The van der Waals surface area contributed by atoms with Gasteiger partial charge in [0.25, 0.3) is 0 Å². The van der Waals surface area contributed by atoms with Gasteiger partial charge in [0.15, 0.2) is 0 Å². The van der Waals surface area contributed by atoms with E-state index in [0.29, 0.717) is 24.8 Å². The Morgan fingerprint density at radius 1 is 1.24 bits per heavy atom. The highest BCUT2D eigenvalue weighted by Crippen LogP contribution is 2.26. The predicted molar refractivity (Wildman–Crippen MR) is 69.4 cm³/mol. The van der Waals surface area contributed by atoms with Crippen LogP contribution in [0.5, 0.6) is 0 Å². The van der Waals surface area contributed by atoms with Crippen LogP contribution >= 0.6 is 0 Å². The molecule has 1 saturated heterocycles. The number of nitrogens with one attached hydrogen (secondary N) is 1. The lowest BCUT2D eigenvalue weighted by Crippen LogP contribution is -2.52. The van der Waals surface area contributed by atoms with Crippen LogP contribution in [0, 0.1) is 5.92 Å². The zero-order valence-corrected chi connectivity index (χ0v) is 11.5. The maximum Gasteiger partial charge on any atom is 0.214 e. The third-order valence-electron chi connectivity index (χ3n) is 3.90. The van der Waals surface area contributed by atoms with Gasteiger partial charge in [0.05, 0.1) is 5.75 Å². The van der Waals surface area contributed by atoms with E-state index in [-0.39, 0.29) is 6.04 Å². The van der Waals surface area contributed by atoms with Gasteiger partial charge in [-0.2, -0.15) is 4.31 Å². The minimum absolute atomic E-state index is 0.282. The monoisotopic (exact) mass is 260 g/mol. The van der Waals surface area contributed by atoms with Crippen LogP contribution in [0.3, 0.4) is 0 Å². The summed E-state index contributed by atoms with van der Waals surface area (Å²) >= 11 is 0. The standard InChI is InChI=1S/C12H24N2O2S/c1-11-9-14(8-7-13-11)17(15,16)10-12-5-3-2-4-6-12/h11-13H,2-10H2,1H3/t11-/m1/s1. The van der Waals surface area contributed by atoms with Crippen molar-refractivity contribution in [3.63, 3.8) is 0 Å². The molecule has 2 fully saturated rings. The van der Waals surface area contributed by atoms with Gasteiger partial charge in [-0.15, -0.1) is 0 Å². The lowest BCUT2D eigenvalue weighted by atomic mass is 9.91. The maximum atomic E-state index is 12.3.